The first-order valence-corrected chi connectivity index (χ1v) is 3.74. The lowest BCUT2D eigenvalue weighted by Gasteiger charge is -2.09. The Morgan fingerprint density at radius 2 is 2.15 bits per heavy atom. The Kier molecular flexibility index (Phi) is 2.41. The number of carbonyl (C=O) groups is 1. The summed E-state index contributed by atoms with van der Waals surface area (Å²) in [5.74, 6) is -0.694. The maximum Gasteiger partial charge on any atom is 0.339 e. The van der Waals surface area contributed by atoms with Crippen LogP contribution in [0.25, 0.3) is 0 Å². The molecule has 4 heteroatoms. The molecule has 0 aromatic heterocycles. The van der Waals surface area contributed by atoms with Crippen LogP contribution in [0.15, 0.2) is 12.1 Å². The number of ether oxygens (including phenoxy) is 1. The van der Waals surface area contributed by atoms with Crippen LogP contribution in [0.5, 0.6) is 5.75 Å². The lowest BCUT2D eigenvalue weighted by molar-refractivity contribution is 0.0692. The summed E-state index contributed by atoms with van der Waals surface area (Å²) in [5.41, 5.74) is 6.68. The third-order valence-corrected chi connectivity index (χ3v) is 1.90. The minimum atomic E-state index is -1.03. The number of aromatic carboxylic acids is 1. The van der Waals surface area contributed by atoms with E-state index in [0.717, 1.165) is 0 Å². The molecule has 0 saturated heterocycles. The van der Waals surface area contributed by atoms with Crippen molar-refractivity contribution in [3.05, 3.63) is 23.3 Å². The summed E-state index contributed by atoms with van der Waals surface area (Å²) in [4.78, 5) is 10.8. The number of carboxylic acid groups (broad SMARTS) is 1. The van der Waals surface area contributed by atoms with Gasteiger partial charge in [0, 0.05) is 5.69 Å². The van der Waals surface area contributed by atoms with Crippen LogP contribution in [0.1, 0.15) is 15.9 Å². The summed E-state index contributed by atoms with van der Waals surface area (Å²) in [6, 6.07) is 3.17. The summed E-state index contributed by atoms with van der Waals surface area (Å²) in [7, 11) is 1.43. The fourth-order valence-corrected chi connectivity index (χ4v) is 1.14. The van der Waals surface area contributed by atoms with Crippen molar-refractivity contribution in [1.82, 2.24) is 0 Å². The SMILES string of the molecule is COc1ccc(N)c(C)c1C(=O)O. The highest BCUT2D eigenvalue weighted by atomic mass is 16.5. The first-order chi connectivity index (χ1) is 6.07. The number of benzene rings is 1. The molecule has 0 unspecified atom stereocenters. The van der Waals surface area contributed by atoms with Crippen LogP contribution >= 0.6 is 0 Å². The molecule has 0 radical (unpaired) electrons. The largest absolute Gasteiger partial charge is 0.496 e. The number of rotatable bonds is 2. The number of methoxy groups -OCH3 is 1. The van der Waals surface area contributed by atoms with Gasteiger partial charge in [0.25, 0.3) is 0 Å². The summed E-state index contributed by atoms with van der Waals surface area (Å²) in [6.07, 6.45) is 0. The molecule has 1 aromatic carbocycles. The van der Waals surface area contributed by atoms with Crippen LogP contribution in [0.4, 0.5) is 5.69 Å². The molecule has 3 N–H and O–H groups in total. The van der Waals surface area contributed by atoms with Crippen molar-refractivity contribution < 1.29 is 14.6 Å². The standard InChI is InChI=1S/C9H11NO3/c1-5-6(10)3-4-7(13-2)8(5)9(11)12/h3-4H,10H2,1-2H3,(H,11,12). The Hall–Kier alpha value is -1.71. The second kappa shape index (κ2) is 3.35. The fraction of sp³-hybridized carbons (Fsp3) is 0.222. The molecule has 0 aliphatic heterocycles. The van der Waals surface area contributed by atoms with Crippen molar-refractivity contribution in [2.75, 3.05) is 12.8 Å². The highest BCUT2D eigenvalue weighted by molar-refractivity contribution is 5.94. The first kappa shape index (κ1) is 9.38. The van der Waals surface area contributed by atoms with Gasteiger partial charge in [-0.05, 0) is 24.6 Å². The molecule has 0 amide bonds. The number of anilines is 1. The minimum absolute atomic E-state index is 0.127. The van der Waals surface area contributed by atoms with Crippen molar-refractivity contribution in [3.8, 4) is 5.75 Å². The molecule has 0 heterocycles. The molecule has 0 aliphatic carbocycles. The number of nitrogen functional groups attached to an aromatic ring is 1. The molecule has 0 bridgehead atoms. The lowest BCUT2D eigenvalue weighted by Crippen LogP contribution is -2.05. The molecule has 0 fully saturated rings. The van der Waals surface area contributed by atoms with E-state index in [-0.39, 0.29) is 5.56 Å². The minimum Gasteiger partial charge on any atom is -0.496 e. The second-order valence-corrected chi connectivity index (χ2v) is 2.66. The summed E-state index contributed by atoms with van der Waals surface area (Å²) < 4.78 is 4.91. The van der Waals surface area contributed by atoms with Crippen LogP contribution in [-0.2, 0) is 0 Å². The predicted octanol–water partition coefficient (Wildman–Crippen LogP) is 1.28. The zero-order valence-corrected chi connectivity index (χ0v) is 7.50. The van der Waals surface area contributed by atoms with E-state index in [1.54, 1.807) is 19.1 Å². The van der Waals surface area contributed by atoms with E-state index in [1.165, 1.54) is 7.11 Å². The van der Waals surface area contributed by atoms with Gasteiger partial charge in [-0.1, -0.05) is 0 Å². The molecular weight excluding hydrogens is 170 g/mol. The molecule has 0 spiro atoms. The van der Waals surface area contributed by atoms with Crippen LogP contribution in [0, 0.1) is 6.92 Å². The van der Waals surface area contributed by atoms with Gasteiger partial charge in [0.15, 0.2) is 0 Å². The van der Waals surface area contributed by atoms with Crippen molar-refractivity contribution in [2.24, 2.45) is 0 Å². The van der Waals surface area contributed by atoms with E-state index >= 15 is 0 Å². The average molecular weight is 181 g/mol. The maximum atomic E-state index is 10.8. The zero-order valence-electron chi connectivity index (χ0n) is 7.50. The number of hydrogen-bond donors (Lipinski definition) is 2. The van der Waals surface area contributed by atoms with Crippen molar-refractivity contribution in [2.45, 2.75) is 6.92 Å². The van der Waals surface area contributed by atoms with Gasteiger partial charge in [0.1, 0.15) is 11.3 Å². The highest BCUT2D eigenvalue weighted by Gasteiger charge is 2.15. The van der Waals surface area contributed by atoms with E-state index < -0.39 is 5.97 Å². The van der Waals surface area contributed by atoms with Gasteiger partial charge in [-0.2, -0.15) is 0 Å². The van der Waals surface area contributed by atoms with E-state index in [9.17, 15) is 4.79 Å². The van der Waals surface area contributed by atoms with Gasteiger partial charge < -0.3 is 15.6 Å². The fourth-order valence-electron chi connectivity index (χ4n) is 1.14. The number of nitrogens with two attached hydrogens (primary N) is 1. The Balaban J connectivity index is 3.41. The van der Waals surface area contributed by atoms with Crippen molar-refractivity contribution in [3.63, 3.8) is 0 Å². The van der Waals surface area contributed by atoms with Gasteiger partial charge >= 0.3 is 5.97 Å². The Bertz CT molecular complexity index is 347. The summed E-state index contributed by atoms with van der Waals surface area (Å²) in [5, 5.41) is 8.87. The highest BCUT2D eigenvalue weighted by Crippen LogP contribution is 2.26. The zero-order chi connectivity index (χ0) is 10.0. The van der Waals surface area contributed by atoms with Crippen LogP contribution < -0.4 is 10.5 Å². The monoisotopic (exact) mass is 181 g/mol. The second-order valence-electron chi connectivity index (χ2n) is 2.66. The van der Waals surface area contributed by atoms with Gasteiger partial charge in [-0.25, -0.2) is 4.79 Å². The smallest absolute Gasteiger partial charge is 0.339 e. The Morgan fingerprint density at radius 3 is 2.62 bits per heavy atom. The Morgan fingerprint density at radius 1 is 1.54 bits per heavy atom. The number of carboxylic acids is 1. The van der Waals surface area contributed by atoms with Gasteiger partial charge in [0.05, 0.1) is 7.11 Å². The first-order valence-electron chi connectivity index (χ1n) is 3.74. The van der Waals surface area contributed by atoms with Gasteiger partial charge in [-0.15, -0.1) is 0 Å². The third kappa shape index (κ3) is 1.56. The van der Waals surface area contributed by atoms with Crippen LogP contribution in [-0.4, -0.2) is 18.2 Å². The maximum absolute atomic E-state index is 10.8. The van der Waals surface area contributed by atoms with E-state index in [1.807, 2.05) is 0 Å². The van der Waals surface area contributed by atoms with E-state index in [4.69, 9.17) is 15.6 Å². The van der Waals surface area contributed by atoms with E-state index in [2.05, 4.69) is 0 Å². The van der Waals surface area contributed by atoms with E-state index in [0.29, 0.717) is 17.0 Å². The average Bonchev–Trinajstić information content (AvgIpc) is 2.08. The third-order valence-electron chi connectivity index (χ3n) is 1.90. The number of hydrogen-bond acceptors (Lipinski definition) is 3. The topological polar surface area (TPSA) is 72.5 Å². The lowest BCUT2D eigenvalue weighted by atomic mass is 10.1. The van der Waals surface area contributed by atoms with Crippen LogP contribution in [0.2, 0.25) is 0 Å². The molecule has 1 aromatic rings. The predicted molar refractivity (Wildman–Crippen MR) is 49.1 cm³/mol. The molecule has 1 rings (SSSR count). The Labute approximate surface area is 75.9 Å². The molecular formula is C9H11NO3. The molecule has 0 aliphatic rings. The summed E-state index contributed by atoms with van der Waals surface area (Å²) >= 11 is 0. The normalized spacial score (nSPS) is 9.69. The molecule has 13 heavy (non-hydrogen) atoms. The molecule has 0 saturated carbocycles. The van der Waals surface area contributed by atoms with Gasteiger partial charge in [0.2, 0.25) is 0 Å². The van der Waals surface area contributed by atoms with Gasteiger partial charge in [-0.3, -0.25) is 0 Å². The van der Waals surface area contributed by atoms with Crippen molar-refractivity contribution >= 4 is 11.7 Å². The quantitative estimate of drug-likeness (QED) is 0.674. The summed E-state index contributed by atoms with van der Waals surface area (Å²) in [6.45, 7) is 1.65. The van der Waals surface area contributed by atoms with Crippen LogP contribution in [0.3, 0.4) is 0 Å². The molecule has 70 valence electrons. The van der Waals surface area contributed by atoms with Crippen molar-refractivity contribution in [1.29, 1.82) is 0 Å². The molecule has 0 atom stereocenters. The molecule has 4 nitrogen and oxygen atoms in total.